The molecule has 1 amide bonds. The predicted molar refractivity (Wildman–Crippen MR) is 107 cm³/mol. The maximum atomic E-state index is 12.7. The fourth-order valence-corrected chi connectivity index (χ4v) is 3.09. The maximum absolute atomic E-state index is 12.7. The zero-order valence-corrected chi connectivity index (χ0v) is 15.6. The van der Waals surface area contributed by atoms with Gasteiger partial charge in [0, 0.05) is 24.4 Å². The second kappa shape index (κ2) is 7.11. The third-order valence-electron chi connectivity index (χ3n) is 4.61. The molecule has 0 atom stereocenters. The van der Waals surface area contributed by atoms with E-state index in [4.69, 9.17) is 0 Å². The lowest BCUT2D eigenvalue weighted by Gasteiger charge is -2.16. The molecule has 140 valence electrons. The number of aromatic nitrogens is 4. The number of amides is 1. The van der Waals surface area contributed by atoms with Gasteiger partial charge >= 0.3 is 5.69 Å². The van der Waals surface area contributed by atoms with Crippen molar-refractivity contribution in [2.75, 3.05) is 11.9 Å². The smallest absolute Gasteiger partial charge is 0.314 e. The summed E-state index contributed by atoms with van der Waals surface area (Å²) >= 11 is 0. The minimum absolute atomic E-state index is 0.147. The Morgan fingerprint density at radius 2 is 1.68 bits per heavy atom. The molecule has 4 rings (SSSR count). The molecule has 2 aromatic carbocycles. The average Bonchev–Trinajstić information content (AvgIpc) is 3.04. The van der Waals surface area contributed by atoms with Crippen LogP contribution in [0.25, 0.3) is 16.9 Å². The third kappa shape index (κ3) is 3.18. The average molecular weight is 373 g/mol. The molecule has 0 saturated heterocycles. The number of para-hydroxylation sites is 1. The van der Waals surface area contributed by atoms with Gasteiger partial charge in [0.2, 0.25) is 5.91 Å². The van der Waals surface area contributed by atoms with Gasteiger partial charge in [-0.1, -0.05) is 48.5 Å². The lowest BCUT2D eigenvalue weighted by molar-refractivity contribution is -0.119. The molecule has 28 heavy (non-hydrogen) atoms. The topological polar surface area (TPSA) is 72.5 Å². The number of anilines is 1. The molecule has 4 aromatic rings. The zero-order chi connectivity index (χ0) is 19.7. The standard InChI is InChI=1S/C21H19N5O2/c1-15-22-18(16-9-5-3-6-10-16)13-19-23-25(21(28)26(15)19)14-20(27)24(2)17-11-7-4-8-12-17/h3-13H,14H2,1-2H3. The second-order valence-electron chi connectivity index (χ2n) is 6.48. The maximum Gasteiger partial charge on any atom is 0.352 e. The first-order valence-corrected chi connectivity index (χ1v) is 8.89. The molecular formula is C21H19N5O2. The Labute approximate surface area is 161 Å². The second-order valence-corrected chi connectivity index (χ2v) is 6.48. The first-order valence-electron chi connectivity index (χ1n) is 8.89. The number of aryl methyl sites for hydroxylation is 1. The molecule has 0 aliphatic rings. The van der Waals surface area contributed by atoms with Crippen LogP contribution in [0.5, 0.6) is 0 Å². The van der Waals surface area contributed by atoms with Crippen molar-refractivity contribution in [1.82, 2.24) is 19.2 Å². The number of carbonyl (C=O) groups excluding carboxylic acids is 1. The summed E-state index contributed by atoms with van der Waals surface area (Å²) in [6, 6.07) is 20.7. The van der Waals surface area contributed by atoms with Gasteiger partial charge in [0.1, 0.15) is 12.4 Å². The molecule has 2 heterocycles. The van der Waals surface area contributed by atoms with E-state index in [9.17, 15) is 9.59 Å². The highest BCUT2D eigenvalue weighted by atomic mass is 16.2. The Balaban J connectivity index is 1.69. The van der Waals surface area contributed by atoms with Crippen LogP contribution in [-0.2, 0) is 11.3 Å². The molecule has 0 bridgehead atoms. The first-order chi connectivity index (χ1) is 13.5. The van der Waals surface area contributed by atoms with Crippen molar-refractivity contribution >= 4 is 17.2 Å². The summed E-state index contributed by atoms with van der Waals surface area (Å²) in [5, 5.41) is 4.35. The molecule has 0 aliphatic heterocycles. The predicted octanol–water partition coefficient (Wildman–Crippen LogP) is 2.53. The van der Waals surface area contributed by atoms with E-state index >= 15 is 0 Å². The van der Waals surface area contributed by atoms with Crippen molar-refractivity contribution in [3.63, 3.8) is 0 Å². The minimum atomic E-state index is -0.380. The lowest BCUT2D eigenvalue weighted by Crippen LogP contribution is -2.34. The van der Waals surface area contributed by atoms with Gasteiger partial charge in [-0.05, 0) is 19.1 Å². The Hall–Kier alpha value is -3.74. The quantitative estimate of drug-likeness (QED) is 0.551. The zero-order valence-electron chi connectivity index (χ0n) is 15.6. The number of fused-ring (bicyclic) bond motifs is 1. The van der Waals surface area contributed by atoms with Crippen LogP contribution in [0.3, 0.4) is 0 Å². The Kier molecular flexibility index (Phi) is 4.49. The molecule has 0 saturated carbocycles. The fourth-order valence-electron chi connectivity index (χ4n) is 3.09. The number of nitrogens with zero attached hydrogens (tertiary/aromatic N) is 5. The van der Waals surface area contributed by atoms with Crippen LogP contribution >= 0.6 is 0 Å². The van der Waals surface area contributed by atoms with E-state index in [0.29, 0.717) is 11.5 Å². The first kappa shape index (κ1) is 17.7. The molecule has 0 aliphatic carbocycles. The van der Waals surface area contributed by atoms with Crippen LogP contribution in [0, 0.1) is 6.92 Å². The van der Waals surface area contributed by atoms with Crippen LogP contribution in [0.1, 0.15) is 5.82 Å². The van der Waals surface area contributed by atoms with E-state index in [1.54, 1.807) is 20.0 Å². The summed E-state index contributed by atoms with van der Waals surface area (Å²) in [6.45, 7) is 1.61. The number of benzene rings is 2. The molecule has 0 N–H and O–H groups in total. The fraction of sp³-hybridized carbons (Fsp3) is 0.143. The molecule has 7 nitrogen and oxygen atoms in total. The highest BCUT2D eigenvalue weighted by molar-refractivity contribution is 5.92. The van der Waals surface area contributed by atoms with Crippen molar-refractivity contribution in [2.24, 2.45) is 0 Å². The van der Waals surface area contributed by atoms with Gasteiger partial charge in [-0.25, -0.2) is 18.9 Å². The molecular weight excluding hydrogens is 354 g/mol. The minimum Gasteiger partial charge on any atom is -0.314 e. The Morgan fingerprint density at radius 1 is 1.04 bits per heavy atom. The van der Waals surface area contributed by atoms with Gasteiger partial charge in [-0.15, -0.1) is 5.10 Å². The van der Waals surface area contributed by atoms with Crippen molar-refractivity contribution in [3.05, 3.63) is 83.0 Å². The number of carbonyl (C=O) groups is 1. The van der Waals surface area contributed by atoms with Gasteiger partial charge < -0.3 is 4.90 Å². The third-order valence-corrected chi connectivity index (χ3v) is 4.61. The summed E-state index contributed by atoms with van der Waals surface area (Å²) in [4.78, 5) is 31.4. The highest BCUT2D eigenvalue weighted by Gasteiger charge is 2.17. The molecule has 0 radical (unpaired) electrons. The molecule has 2 aromatic heterocycles. The summed E-state index contributed by atoms with van der Waals surface area (Å²) in [6.07, 6.45) is 0. The van der Waals surface area contributed by atoms with E-state index in [1.165, 1.54) is 14.0 Å². The van der Waals surface area contributed by atoms with E-state index in [1.807, 2.05) is 60.7 Å². The summed E-state index contributed by atoms with van der Waals surface area (Å²) in [5.74, 6) is 0.294. The van der Waals surface area contributed by atoms with Gasteiger partial charge in [0.15, 0.2) is 5.65 Å². The molecule has 7 heteroatoms. The van der Waals surface area contributed by atoms with E-state index in [-0.39, 0.29) is 18.1 Å². The van der Waals surface area contributed by atoms with Crippen LogP contribution in [0.2, 0.25) is 0 Å². The Morgan fingerprint density at radius 3 is 2.36 bits per heavy atom. The lowest BCUT2D eigenvalue weighted by atomic mass is 10.1. The monoisotopic (exact) mass is 373 g/mol. The number of rotatable bonds is 4. The van der Waals surface area contributed by atoms with Crippen LogP contribution in [-0.4, -0.2) is 32.1 Å². The van der Waals surface area contributed by atoms with E-state index in [0.717, 1.165) is 16.9 Å². The van der Waals surface area contributed by atoms with Crippen molar-refractivity contribution in [1.29, 1.82) is 0 Å². The van der Waals surface area contributed by atoms with Gasteiger partial charge in [0.25, 0.3) is 0 Å². The van der Waals surface area contributed by atoms with Crippen molar-refractivity contribution < 1.29 is 4.79 Å². The van der Waals surface area contributed by atoms with Gasteiger partial charge in [-0.3, -0.25) is 4.79 Å². The molecule has 0 spiro atoms. The van der Waals surface area contributed by atoms with Crippen molar-refractivity contribution in [2.45, 2.75) is 13.5 Å². The highest BCUT2D eigenvalue weighted by Crippen LogP contribution is 2.18. The largest absolute Gasteiger partial charge is 0.352 e. The van der Waals surface area contributed by atoms with Crippen LogP contribution in [0.4, 0.5) is 5.69 Å². The number of likely N-dealkylation sites (N-methyl/N-ethyl adjacent to an activating group) is 1. The van der Waals surface area contributed by atoms with E-state index < -0.39 is 0 Å². The normalized spacial score (nSPS) is 10.9. The summed E-state index contributed by atoms with van der Waals surface area (Å²) < 4.78 is 2.60. The van der Waals surface area contributed by atoms with Crippen molar-refractivity contribution in [3.8, 4) is 11.3 Å². The molecule has 0 unspecified atom stereocenters. The van der Waals surface area contributed by atoms with Crippen LogP contribution < -0.4 is 10.6 Å². The number of hydrogen-bond donors (Lipinski definition) is 0. The van der Waals surface area contributed by atoms with E-state index in [2.05, 4.69) is 10.1 Å². The SMILES string of the molecule is Cc1nc(-c2ccccc2)cc2nn(CC(=O)N(C)c3ccccc3)c(=O)n12. The van der Waals surface area contributed by atoms with Gasteiger partial charge in [0.05, 0.1) is 5.69 Å². The summed E-state index contributed by atoms with van der Waals surface area (Å²) in [7, 11) is 1.68. The molecule has 0 fully saturated rings. The van der Waals surface area contributed by atoms with Gasteiger partial charge in [-0.2, -0.15) is 0 Å². The summed E-state index contributed by atoms with van der Waals surface area (Å²) in [5.41, 5.74) is 2.51. The number of hydrogen-bond acceptors (Lipinski definition) is 4. The Bertz CT molecular complexity index is 1200. The van der Waals surface area contributed by atoms with Crippen LogP contribution in [0.15, 0.2) is 71.5 Å².